The van der Waals surface area contributed by atoms with Crippen molar-refractivity contribution in [3.8, 4) is 0 Å². The number of carbonyl (C=O) groups is 3. The molecule has 0 aliphatic carbocycles. The largest absolute Gasteiger partial charge is 0.452 e. The number of esters is 1. The maximum absolute atomic E-state index is 13.1. The van der Waals surface area contributed by atoms with Gasteiger partial charge >= 0.3 is 12.1 Å². The first-order valence-corrected chi connectivity index (χ1v) is 7.85. The number of hydrogen-bond donors (Lipinski definition) is 2. The molecule has 0 saturated carbocycles. The lowest BCUT2D eigenvalue weighted by molar-refractivity contribution is -0.119. The fourth-order valence-electron chi connectivity index (χ4n) is 1.99. The molecule has 2 aromatic carbocycles. The zero-order valence-electron chi connectivity index (χ0n) is 14.3. The molecule has 142 valence electrons. The summed E-state index contributed by atoms with van der Waals surface area (Å²) in [5.74, 6) is -3.69. The first-order valence-electron chi connectivity index (χ1n) is 7.85. The van der Waals surface area contributed by atoms with Crippen LogP contribution in [0, 0.1) is 11.6 Å². The van der Waals surface area contributed by atoms with Crippen LogP contribution in [0.2, 0.25) is 0 Å². The third-order valence-electron chi connectivity index (χ3n) is 3.16. The maximum Gasteiger partial charge on any atom is 0.411 e. The number of hydrogen-bond acceptors (Lipinski definition) is 5. The summed E-state index contributed by atoms with van der Waals surface area (Å²) in [7, 11) is 0. The van der Waals surface area contributed by atoms with Crippen LogP contribution >= 0.6 is 0 Å². The molecule has 0 aromatic heterocycles. The molecule has 2 rings (SSSR count). The first-order chi connectivity index (χ1) is 12.9. The zero-order chi connectivity index (χ0) is 19.8. The van der Waals surface area contributed by atoms with Crippen LogP contribution in [0.5, 0.6) is 0 Å². The van der Waals surface area contributed by atoms with Crippen LogP contribution in [-0.2, 0) is 14.3 Å². The minimum atomic E-state index is -1.12. The zero-order valence-corrected chi connectivity index (χ0v) is 14.3. The Morgan fingerprint density at radius 2 is 1.67 bits per heavy atom. The minimum Gasteiger partial charge on any atom is -0.452 e. The van der Waals surface area contributed by atoms with E-state index in [1.807, 2.05) is 0 Å². The molecule has 2 aromatic rings. The van der Waals surface area contributed by atoms with Gasteiger partial charge in [0.2, 0.25) is 0 Å². The molecule has 0 bridgehead atoms. The van der Waals surface area contributed by atoms with Crippen LogP contribution in [0.25, 0.3) is 0 Å². The molecule has 2 N–H and O–H groups in total. The van der Waals surface area contributed by atoms with E-state index in [-0.39, 0.29) is 17.9 Å². The van der Waals surface area contributed by atoms with E-state index in [1.165, 1.54) is 24.3 Å². The second-order valence-corrected chi connectivity index (χ2v) is 5.18. The van der Waals surface area contributed by atoms with Crippen molar-refractivity contribution >= 4 is 29.3 Å². The van der Waals surface area contributed by atoms with Crippen LogP contribution in [0.15, 0.2) is 42.5 Å². The van der Waals surface area contributed by atoms with Gasteiger partial charge < -0.3 is 14.8 Å². The third kappa shape index (κ3) is 6.07. The minimum absolute atomic E-state index is 0.0237. The molecular weight excluding hydrogens is 362 g/mol. The Kier molecular flexibility index (Phi) is 6.81. The van der Waals surface area contributed by atoms with E-state index < -0.39 is 36.2 Å². The highest BCUT2D eigenvalue weighted by atomic mass is 19.2. The summed E-state index contributed by atoms with van der Waals surface area (Å²) in [4.78, 5) is 35.1. The molecule has 0 radical (unpaired) electrons. The Balaban J connectivity index is 1.90. The Morgan fingerprint density at radius 1 is 0.926 bits per heavy atom. The predicted octanol–water partition coefficient (Wildman–Crippen LogP) is 3.33. The second-order valence-electron chi connectivity index (χ2n) is 5.18. The van der Waals surface area contributed by atoms with E-state index in [9.17, 15) is 23.2 Å². The van der Waals surface area contributed by atoms with Crippen molar-refractivity contribution in [1.82, 2.24) is 0 Å². The fourth-order valence-corrected chi connectivity index (χ4v) is 1.99. The molecule has 7 nitrogen and oxygen atoms in total. The molecule has 0 spiro atoms. The molecule has 0 heterocycles. The molecule has 0 atom stereocenters. The van der Waals surface area contributed by atoms with E-state index in [1.54, 1.807) is 13.0 Å². The molecule has 0 aliphatic rings. The van der Waals surface area contributed by atoms with Gasteiger partial charge in [0.15, 0.2) is 18.2 Å². The van der Waals surface area contributed by atoms with E-state index in [0.717, 1.165) is 12.1 Å². The number of amides is 2. The van der Waals surface area contributed by atoms with E-state index in [4.69, 9.17) is 9.47 Å². The lowest BCUT2D eigenvalue weighted by Gasteiger charge is -2.08. The summed E-state index contributed by atoms with van der Waals surface area (Å²) >= 11 is 0. The number of rotatable bonds is 6. The molecule has 0 aliphatic heterocycles. The van der Waals surface area contributed by atoms with Gasteiger partial charge in [-0.05, 0) is 37.3 Å². The van der Waals surface area contributed by atoms with Crippen molar-refractivity contribution in [2.45, 2.75) is 6.92 Å². The maximum atomic E-state index is 13.1. The highest BCUT2D eigenvalue weighted by Crippen LogP contribution is 2.14. The Bertz CT molecular complexity index is 857. The number of ether oxygens (including phenoxy) is 2. The topological polar surface area (TPSA) is 93.7 Å². The van der Waals surface area contributed by atoms with Crippen molar-refractivity contribution in [3.05, 3.63) is 59.7 Å². The first kappa shape index (κ1) is 19.8. The van der Waals surface area contributed by atoms with Gasteiger partial charge in [0.1, 0.15) is 0 Å². The molecule has 27 heavy (non-hydrogen) atoms. The van der Waals surface area contributed by atoms with Gasteiger partial charge in [0.05, 0.1) is 12.2 Å². The van der Waals surface area contributed by atoms with Crippen molar-refractivity contribution < 1.29 is 32.6 Å². The summed E-state index contributed by atoms with van der Waals surface area (Å²) in [6.07, 6.45) is -0.672. The summed E-state index contributed by atoms with van der Waals surface area (Å²) in [6, 6.07) is 8.68. The van der Waals surface area contributed by atoms with E-state index in [2.05, 4.69) is 10.6 Å². The van der Waals surface area contributed by atoms with E-state index >= 15 is 0 Å². The van der Waals surface area contributed by atoms with Gasteiger partial charge in [0.25, 0.3) is 5.91 Å². The normalized spacial score (nSPS) is 10.0. The average Bonchev–Trinajstić information content (AvgIpc) is 2.63. The number of nitrogens with one attached hydrogen (secondary N) is 2. The molecule has 0 saturated heterocycles. The van der Waals surface area contributed by atoms with Crippen LogP contribution in [0.4, 0.5) is 25.0 Å². The fraction of sp³-hybridized carbons (Fsp3) is 0.167. The number of anilines is 2. The summed E-state index contributed by atoms with van der Waals surface area (Å²) in [5, 5.41) is 4.70. The van der Waals surface area contributed by atoms with Crippen LogP contribution < -0.4 is 10.6 Å². The Labute approximate surface area is 153 Å². The summed E-state index contributed by atoms with van der Waals surface area (Å²) in [6.45, 7) is 1.22. The van der Waals surface area contributed by atoms with Crippen molar-refractivity contribution in [2.75, 3.05) is 23.8 Å². The van der Waals surface area contributed by atoms with Gasteiger partial charge in [0, 0.05) is 17.4 Å². The number of carbonyl (C=O) groups excluding carboxylic acids is 3. The van der Waals surface area contributed by atoms with E-state index in [0.29, 0.717) is 5.69 Å². The Morgan fingerprint density at radius 3 is 2.37 bits per heavy atom. The third-order valence-corrected chi connectivity index (χ3v) is 3.16. The van der Waals surface area contributed by atoms with Gasteiger partial charge in [-0.3, -0.25) is 10.1 Å². The highest BCUT2D eigenvalue weighted by molar-refractivity contribution is 5.96. The summed E-state index contributed by atoms with van der Waals surface area (Å²) in [5.41, 5.74) is 0.439. The van der Waals surface area contributed by atoms with Crippen LogP contribution in [-0.4, -0.2) is 31.2 Å². The molecule has 9 heteroatoms. The quantitative estimate of drug-likeness (QED) is 0.752. The molecule has 2 amide bonds. The van der Waals surface area contributed by atoms with Crippen LogP contribution in [0.1, 0.15) is 17.3 Å². The smallest absolute Gasteiger partial charge is 0.411 e. The SMILES string of the molecule is CCOC(=O)Nc1cccc(C(=O)OCC(=O)Nc2ccc(F)c(F)c2)c1. The van der Waals surface area contributed by atoms with Gasteiger partial charge in [-0.2, -0.15) is 0 Å². The lowest BCUT2D eigenvalue weighted by Crippen LogP contribution is -2.21. The van der Waals surface area contributed by atoms with Crippen molar-refractivity contribution in [1.29, 1.82) is 0 Å². The van der Waals surface area contributed by atoms with Gasteiger partial charge in [-0.15, -0.1) is 0 Å². The Hall–Kier alpha value is -3.49. The monoisotopic (exact) mass is 378 g/mol. The molecule has 0 unspecified atom stereocenters. The lowest BCUT2D eigenvalue weighted by atomic mass is 10.2. The second kappa shape index (κ2) is 9.27. The molecule has 0 fully saturated rings. The average molecular weight is 378 g/mol. The van der Waals surface area contributed by atoms with Crippen LogP contribution in [0.3, 0.4) is 0 Å². The number of benzene rings is 2. The number of halogens is 2. The summed E-state index contributed by atoms with van der Waals surface area (Å²) < 4.78 is 35.5. The van der Waals surface area contributed by atoms with Gasteiger partial charge in [-0.25, -0.2) is 18.4 Å². The van der Waals surface area contributed by atoms with Gasteiger partial charge in [-0.1, -0.05) is 6.07 Å². The predicted molar refractivity (Wildman–Crippen MR) is 92.4 cm³/mol. The highest BCUT2D eigenvalue weighted by Gasteiger charge is 2.12. The molecular formula is C18H16F2N2O5. The van der Waals surface area contributed by atoms with Crippen molar-refractivity contribution in [2.24, 2.45) is 0 Å². The van der Waals surface area contributed by atoms with Crippen molar-refractivity contribution in [3.63, 3.8) is 0 Å². The standard InChI is InChI=1S/C18H16F2N2O5/c1-2-26-18(25)22-12-5-3-4-11(8-12)17(24)27-10-16(23)21-13-6-7-14(19)15(20)9-13/h3-9H,2,10H2,1H3,(H,21,23)(H,22,25).